The zero-order chi connectivity index (χ0) is 24.3. The molecule has 188 valence electrons. The van der Waals surface area contributed by atoms with Gasteiger partial charge in [0, 0.05) is 33.4 Å². The number of nitrogens with one attached hydrogen (secondary N) is 1. The molecule has 31 heavy (non-hydrogen) atoms. The van der Waals surface area contributed by atoms with Crippen molar-refractivity contribution in [3.63, 3.8) is 0 Å². The zero-order valence-electron chi connectivity index (χ0n) is 19.3. The summed E-state index contributed by atoms with van der Waals surface area (Å²) < 4.78 is 8.28. The molecule has 0 aromatic carbocycles. The summed E-state index contributed by atoms with van der Waals surface area (Å²) in [5.41, 5.74) is 15.8. The van der Waals surface area contributed by atoms with Crippen molar-refractivity contribution < 1.29 is 29.0 Å². The van der Waals surface area contributed by atoms with Gasteiger partial charge in [0.2, 0.25) is 0 Å². The number of nitrogens with two attached hydrogens (primary N) is 3. The lowest BCUT2D eigenvalue weighted by Crippen LogP contribution is -2.32. The fourth-order valence-corrected chi connectivity index (χ4v) is 1.84. The Bertz CT molecular complexity index is 415. The van der Waals surface area contributed by atoms with Crippen molar-refractivity contribution in [3.05, 3.63) is 0 Å². The third kappa shape index (κ3) is 36.3. The summed E-state index contributed by atoms with van der Waals surface area (Å²) in [6.07, 6.45) is 3.81. The molecule has 0 saturated carbocycles. The Morgan fingerprint density at radius 3 is 2.00 bits per heavy atom. The third-order valence-corrected chi connectivity index (χ3v) is 3.61. The maximum absolute atomic E-state index is 8.79. The second-order valence-electron chi connectivity index (χ2n) is 6.57. The first-order chi connectivity index (χ1) is 14.8. The van der Waals surface area contributed by atoms with Crippen LogP contribution in [0.4, 0.5) is 0 Å². The van der Waals surface area contributed by atoms with Gasteiger partial charge in [0.25, 0.3) is 0 Å². The Kier molecular flexibility index (Phi) is 31.5. The van der Waals surface area contributed by atoms with Crippen molar-refractivity contribution in [2.75, 3.05) is 54.0 Å². The van der Waals surface area contributed by atoms with Gasteiger partial charge in [0.05, 0.1) is 19.0 Å². The van der Waals surface area contributed by atoms with Crippen LogP contribution >= 0.6 is 11.9 Å². The molecule has 0 rings (SSSR count). The van der Waals surface area contributed by atoms with Gasteiger partial charge in [-0.2, -0.15) is 0 Å². The van der Waals surface area contributed by atoms with Crippen molar-refractivity contribution in [1.82, 2.24) is 5.32 Å². The number of aliphatic imine (C=N–C) groups is 2. The highest BCUT2D eigenvalue weighted by molar-refractivity contribution is 6.07. The van der Waals surface area contributed by atoms with Gasteiger partial charge in [-0.3, -0.25) is 9.28 Å². The van der Waals surface area contributed by atoms with Gasteiger partial charge in [-0.15, -0.1) is 0 Å². The SMILES string of the molecule is CC(CO)CCCN=C(N)N.COCOCl.COOCN=C(N)NCCCC(C)CO. The normalized spacial score (nSPS) is 12.5. The molecule has 9 N–H and O–H groups in total. The lowest BCUT2D eigenvalue weighted by Gasteiger charge is -2.08. The van der Waals surface area contributed by atoms with E-state index in [9.17, 15) is 0 Å². The Morgan fingerprint density at radius 1 is 1.00 bits per heavy atom. The predicted octanol–water partition coefficient (Wildman–Crippen LogP) is 0.264. The number of aliphatic hydroxyl groups excluding tert-OH is 2. The molecular formula is C18H43ClN6O6. The van der Waals surface area contributed by atoms with Crippen LogP contribution in [0.1, 0.15) is 39.5 Å². The predicted molar refractivity (Wildman–Crippen MR) is 123 cm³/mol. The number of rotatable bonds is 15. The minimum Gasteiger partial charge on any atom is -0.396 e. The average Bonchev–Trinajstić information content (AvgIpc) is 2.75. The number of aliphatic hydroxyl groups is 2. The quantitative estimate of drug-likeness (QED) is 0.0478. The number of ether oxygens (including phenoxy) is 1. The van der Waals surface area contributed by atoms with Crippen molar-refractivity contribution in [3.8, 4) is 0 Å². The van der Waals surface area contributed by atoms with Crippen molar-refractivity contribution >= 4 is 23.8 Å². The summed E-state index contributed by atoms with van der Waals surface area (Å²) >= 11 is 4.68. The van der Waals surface area contributed by atoms with E-state index in [1.54, 1.807) is 0 Å². The summed E-state index contributed by atoms with van der Waals surface area (Å²) in [5, 5.41) is 20.4. The number of guanidine groups is 2. The number of nitrogens with zero attached hydrogens (tertiary/aromatic N) is 2. The summed E-state index contributed by atoms with van der Waals surface area (Å²) in [6, 6.07) is 0. The third-order valence-electron chi connectivity index (χ3n) is 3.52. The summed E-state index contributed by atoms with van der Waals surface area (Å²) in [6.45, 7) is 6.11. The summed E-state index contributed by atoms with van der Waals surface area (Å²) in [5.74, 6) is 1.16. The monoisotopic (exact) mass is 474 g/mol. The molecule has 2 atom stereocenters. The first kappa shape index (κ1) is 34.2. The molecular weight excluding hydrogens is 432 g/mol. The summed E-state index contributed by atoms with van der Waals surface area (Å²) in [7, 11) is 2.91. The van der Waals surface area contributed by atoms with Gasteiger partial charge < -0.3 is 37.5 Å². The van der Waals surface area contributed by atoms with Crippen LogP contribution in [0, 0.1) is 11.8 Å². The molecule has 0 radical (unpaired) electrons. The van der Waals surface area contributed by atoms with Gasteiger partial charge in [0.1, 0.15) is 0 Å². The minimum atomic E-state index is 0.0857. The van der Waals surface area contributed by atoms with E-state index < -0.39 is 0 Å². The number of halogens is 1. The van der Waals surface area contributed by atoms with Crippen molar-refractivity contribution in [2.24, 2.45) is 39.0 Å². The molecule has 0 bridgehead atoms. The average molecular weight is 475 g/mol. The zero-order valence-corrected chi connectivity index (χ0v) is 20.0. The highest BCUT2D eigenvalue weighted by Crippen LogP contribution is 2.03. The Labute approximate surface area is 191 Å². The highest BCUT2D eigenvalue weighted by Gasteiger charge is 1.99. The topological polar surface area (TPSA) is 192 Å². The first-order valence-electron chi connectivity index (χ1n) is 9.97. The van der Waals surface area contributed by atoms with E-state index in [0.717, 1.165) is 32.2 Å². The van der Waals surface area contributed by atoms with Crippen LogP contribution in [0.15, 0.2) is 9.98 Å². The van der Waals surface area contributed by atoms with Crippen LogP contribution < -0.4 is 22.5 Å². The fourth-order valence-electron chi connectivity index (χ4n) is 1.75. The van der Waals surface area contributed by atoms with Crippen molar-refractivity contribution in [1.29, 1.82) is 0 Å². The molecule has 12 nitrogen and oxygen atoms in total. The van der Waals surface area contributed by atoms with E-state index in [-0.39, 0.29) is 32.7 Å². The number of methoxy groups -OCH3 is 1. The molecule has 0 aliphatic rings. The van der Waals surface area contributed by atoms with Crippen LogP contribution in [0.3, 0.4) is 0 Å². The van der Waals surface area contributed by atoms with Crippen LogP contribution in [0.2, 0.25) is 0 Å². The smallest absolute Gasteiger partial charge is 0.191 e. The van der Waals surface area contributed by atoms with E-state index in [1.807, 2.05) is 13.8 Å². The van der Waals surface area contributed by atoms with E-state index in [1.165, 1.54) is 14.2 Å². The largest absolute Gasteiger partial charge is 0.396 e. The summed E-state index contributed by atoms with van der Waals surface area (Å²) in [4.78, 5) is 16.5. The number of hydrogen-bond acceptors (Lipinski definition) is 8. The lowest BCUT2D eigenvalue weighted by molar-refractivity contribution is -0.270. The fraction of sp³-hybridized carbons (Fsp3) is 0.889. The molecule has 0 fully saturated rings. The van der Waals surface area contributed by atoms with E-state index in [0.29, 0.717) is 24.3 Å². The van der Waals surface area contributed by atoms with Gasteiger partial charge in [-0.1, -0.05) is 13.8 Å². The second kappa shape index (κ2) is 28.6. The van der Waals surface area contributed by atoms with Gasteiger partial charge >= 0.3 is 0 Å². The molecule has 0 aromatic heterocycles. The van der Waals surface area contributed by atoms with Gasteiger partial charge in [-0.05, 0) is 37.5 Å². The maximum atomic E-state index is 8.79. The van der Waals surface area contributed by atoms with E-state index in [4.69, 9.17) is 27.4 Å². The molecule has 0 spiro atoms. The Morgan fingerprint density at radius 2 is 1.58 bits per heavy atom. The van der Waals surface area contributed by atoms with Gasteiger partial charge in [0.15, 0.2) is 25.4 Å². The number of hydrogen-bond donors (Lipinski definition) is 6. The van der Waals surface area contributed by atoms with Crippen LogP contribution in [0.5, 0.6) is 0 Å². The molecule has 0 heterocycles. The van der Waals surface area contributed by atoms with E-state index >= 15 is 0 Å². The molecule has 0 aliphatic heterocycles. The Balaban J connectivity index is -0.000000428. The molecule has 13 heteroatoms. The first-order valence-corrected chi connectivity index (χ1v) is 10.3. The molecule has 0 amide bonds. The molecule has 0 saturated heterocycles. The molecule has 0 aliphatic carbocycles. The van der Waals surface area contributed by atoms with E-state index in [2.05, 4.69) is 46.0 Å². The van der Waals surface area contributed by atoms with Gasteiger partial charge in [-0.25, -0.2) is 14.8 Å². The molecule has 0 aromatic rings. The molecule has 2 unspecified atom stereocenters. The minimum absolute atomic E-state index is 0.0857. The van der Waals surface area contributed by atoms with Crippen LogP contribution in [-0.2, 0) is 18.8 Å². The van der Waals surface area contributed by atoms with Crippen LogP contribution in [0.25, 0.3) is 0 Å². The second-order valence-corrected chi connectivity index (χ2v) is 6.78. The maximum Gasteiger partial charge on any atom is 0.191 e. The highest BCUT2D eigenvalue weighted by atomic mass is 35.5. The standard InChI is InChI=1S/C9H21N3O3.C7H17N3O.C2H5ClO2/c1-8(6-13)4-3-5-11-9(10)12-7-15-14-2;1-6(5-11)3-2-4-10-7(8)9;1-4-2-5-3/h8,13H,3-7H2,1-2H3,(H3,10,11,12);6,11H,2-5H2,1H3,(H4,8,9,10);2H2,1H3. The lowest BCUT2D eigenvalue weighted by atomic mass is 10.1. The van der Waals surface area contributed by atoms with Crippen molar-refractivity contribution in [2.45, 2.75) is 39.5 Å². The van der Waals surface area contributed by atoms with Crippen LogP contribution in [-0.4, -0.2) is 76.2 Å². The Hall–Kier alpha value is -1.41.